The Kier molecular flexibility index (Phi) is 7.22. The Morgan fingerprint density at radius 3 is 1.94 bits per heavy atom. The maximum atomic E-state index is 13.4. The summed E-state index contributed by atoms with van der Waals surface area (Å²) >= 11 is 1.21. The largest absolute Gasteiger partial charge is 0.341 e. The SMILES string of the molecule is Cc1cc(-c2ccccc2)nc(SC(C(=O)N2CCCCC2)C(=O)N2CCCCC2)n1. The summed E-state index contributed by atoms with van der Waals surface area (Å²) < 4.78 is 0. The van der Waals surface area contributed by atoms with Crippen LogP contribution in [-0.2, 0) is 9.59 Å². The van der Waals surface area contributed by atoms with Gasteiger partial charge in [-0.1, -0.05) is 42.1 Å². The average molecular weight is 439 g/mol. The molecule has 31 heavy (non-hydrogen) atoms. The predicted octanol–water partition coefficient (Wildman–Crippen LogP) is 3.94. The third-order valence-electron chi connectivity index (χ3n) is 5.91. The molecular weight excluding hydrogens is 408 g/mol. The highest BCUT2D eigenvalue weighted by molar-refractivity contribution is 8.01. The smallest absolute Gasteiger partial charge is 0.245 e. The number of benzene rings is 1. The van der Waals surface area contributed by atoms with Gasteiger partial charge in [-0.15, -0.1) is 0 Å². The fraction of sp³-hybridized carbons (Fsp3) is 0.500. The lowest BCUT2D eigenvalue weighted by atomic mass is 10.1. The van der Waals surface area contributed by atoms with Crippen molar-refractivity contribution >= 4 is 23.6 Å². The number of aromatic nitrogens is 2. The van der Waals surface area contributed by atoms with E-state index in [0.29, 0.717) is 5.16 Å². The Labute approximate surface area is 188 Å². The molecule has 2 saturated heterocycles. The first-order chi connectivity index (χ1) is 15.1. The molecule has 4 rings (SSSR count). The third-order valence-corrected chi connectivity index (χ3v) is 6.94. The van der Waals surface area contributed by atoms with Gasteiger partial charge in [0.2, 0.25) is 11.8 Å². The minimum absolute atomic E-state index is 0.0911. The number of hydrogen-bond acceptors (Lipinski definition) is 5. The quantitative estimate of drug-likeness (QED) is 0.402. The molecule has 2 aromatic rings. The van der Waals surface area contributed by atoms with E-state index < -0.39 is 5.25 Å². The molecule has 3 heterocycles. The molecule has 2 aliphatic rings. The molecule has 0 saturated carbocycles. The highest BCUT2D eigenvalue weighted by atomic mass is 32.2. The van der Waals surface area contributed by atoms with E-state index in [0.717, 1.165) is 81.7 Å². The van der Waals surface area contributed by atoms with Crippen molar-refractivity contribution in [3.05, 3.63) is 42.1 Å². The number of hydrogen-bond donors (Lipinski definition) is 0. The summed E-state index contributed by atoms with van der Waals surface area (Å²) in [5, 5.41) is -0.332. The second kappa shape index (κ2) is 10.3. The molecule has 7 heteroatoms. The molecule has 0 aliphatic carbocycles. The molecular formula is C24H30N4O2S. The number of nitrogens with zero attached hydrogens (tertiary/aromatic N) is 4. The van der Waals surface area contributed by atoms with Crippen molar-refractivity contribution in [2.45, 2.75) is 55.9 Å². The lowest BCUT2D eigenvalue weighted by Crippen LogP contribution is -2.50. The van der Waals surface area contributed by atoms with Gasteiger partial charge in [0.1, 0.15) is 0 Å². The normalized spacial score (nSPS) is 17.1. The number of thioether (sulfide) groups is 1. The van der Waals surface area contributed by atoms with Gasteiger partial charge in [-0.3, -0.25) is 9.59 Å². The molecule has 0 atom stereocenters. The molecule has 1 aromatic carbocycles. The van der Waals surface area contributed by atoms with E-state index in [1.807, 2.05) is 53.1 Å². The van der Waals surface area contributed by atoms with E-state index in [1.54, 1.807) is 0 Å². The first-order valence-corrected chi connectivity index (χ1v) is 12.1. The van der Waals surface area contributed by atoms with E-state index in [9.17, 15) is 9.59 Å². The van der Waals surface area contributed by atoms with Crippen LogP contribution in [0.4, 0.5) is 0 Å². The van der Waals surface area contributed by atoms with Gasteiger partial charge in [-0.2, -0.15) is 0 Å². The van der Waals surface area contributed by atoms with Gasteiger partial charge in [0, 0.05) is 37.4 Å². The van der Waals surface area contributed by atoms with Crippen LogP contribution in [0.15, 0.2) is 41.6 Å². The van der Waals surface area contributed by atoms with Crippen LogP contribution in [0.1, 0.15) is 44.2 Å². The Morgan fingerprint density at radius 2 is 1.39 bits per heavy atom. The van der Waals surface area contributed by atoms with Crippen LogP contribution in [-0.4, -0.2) is 63.0 Å². The zero-order valence-corrected chi connectivity index (χ0v) is 18.9. The number of aryl methyl sites for hydroxylation is 1. The third kappa shape index (κ3) is 5.45. The van der Waals surface area contributed by atoms with Crippen LogP contribution in [0.2, 0.25) is 0 Å². The number of likely N-dealkylation sites (tertiary alicyclic amines) is 2. The molecule has 0 bridgehead atoms. The molecule has 2 fully saturated rings. The van der Waals surface area contributed by atoms with Crippen LogP contribution in [0, 0.1) is 6.92 Å². The second-order valence-corrected chi connectivity index (χ2v) is 9.39. The van der Waals surface area contributed by atoms with E-state index in [2.05, 4.69) is 4.98 Å². The molecule has 1 aromatic heterocycles. The van der Waals surface area contributed by atoms with E-state index in [1.165, 1.54) is 11.8 Å². The fourth-order valence-corrected chi connectivity index (χ4v) is 5.28. The molecule has 0 spiro atoms. The molecule has 164 valence electrons. The van der Waals surface area contributed by atoms with Crippen LogP contribution in [0.3, 0.4) is 0 Å². The number of piperidine rings is 2. The molecule has 6 nitrogen and oxygen atoms in total. The van der Waals surface area contributed by atoms with Crippen molar-refractivity contribution in [2.24, 2.45) is 0 Å². The monoisotopic (exact) mass is 438 g/mol. The summed E-state index contributed by atoms with van der Waals surface area (Å²) in [6.45, 7) is 4.84. The standard InChI is InChI=1S/C24H30N4O2S/c1-18-17-20(19-11-5-2-6-12-19)26-24(25-18)31-21(22(29)27-13-7-3-8-14-27)23(30)28-15-9-4-10-16-28/h2,5-6,11-12,17,21H,3-4,7-10,13-16H2,1H3. The Bertz CT molecular complexity index is 879. The topological polar surface area (TPSA) is 66.4 Å². The van der Waals surface area contributed by atoms with Crippen molar-refractivity contribution in [2.75, 3.05) is 26.2 Å². The lowest BCUT2D eigenvalue weighted by Gasteiger charge is -2.33. The summed E-state index contributed by atoms with van der Waals surface area (Å²) in [7, 11) is 0. The fourth-order valence-electron chi connectivity index (χ4n) is 4.22. The summed E-state index contributed by atoms with van der Waals surface area (Å²) in [6.07, 6.45) is 6.28. The van der Waals surface area contributed by atoms with Gasteiger partial charge in [-0.05, 0) is 51.5 Å². The highest BCUT2D eigenvalue weighted by Crippen LogP contribution is 2.28. The molecule has 0 radical (unpaired) electrons. The van der Waals surface area contributed by atoms with Crippen molar-refractivity contribution in [3.8, 4) is 11.3 Å². The Morgan fingerprint density at radius 1 is 0.839 bits per heavy atom. The molecule has 2 aliphatic heterocycles. The van der Waals surface area contributed by atoms with Crippen LogP contribution >= 0.6 is 11.8 Å². The maximum Gasteiger partial charge on any atom is 0.245 e. The van der Waals surface area contributed by atoms with Crippen LogP contribution in [0.5, 0.6) is 0 Å². The van der Waals surface area contributed by atoms with E-state index in [-0.39, 0.29) is 11.8 Å². The van der Waals surface area contributed by atoms with Gasteiger partial charge in [0.25, 0.3) is 0 Å². The van der Waals surface area contributed by atoms with Gasteiger partial charge in [-0.25, -0.2) is 9.97 Å². The van der Waals surface area contributed by atoms with Crippen molar-refractivity contribution < 1.29 is 9.59 Å². The highest BCUT2D eigenvalue weighted by Gasteiger charge is 2.36. The number of amides is 2. The van der Waals surface area contributed by atoms with Gasteiger partial charge in [0.15, 0.2) is 10.4 Å². The summed E-state index contributed by atoms with van der Waals surface area (Å²) in [5.41, 5.74) is 2.63. The molecule has 0 unspecified atom stereocenters. The average Bonchev–Trinajstić information content (AvgIpc) is 2.83. The number of rotatable bonds is 5. The molecule has 0 N–H and O–H groups in total. The zero-order valence-electron chi connectivity index (χ0n) is 18.1. The Hall–Kier alpha value is -2.41. The second-order valence-electron chi connectivity index (χ2n) is 8.31. The van der Waals surface area contributed by atoms with E-state index >= 15 is 0 Å². The number of carbonyl (C=O) groups excluding carboxylic acids is 2. The van der Waals surface area contributed by atoms with Crippen LogP contribution in [0.25, 0.3) is 11.3 Å². The van der Waals surface area contributed by atoms with Gasteiger partial charge in [0.05, 0.1) is 5.69 Å². The summed E-state index contributed by atoms with van der Waals surface area (Å²) in [5.74, 6) is -0.182. The minimum Gasteiger partial charge on any atom is -0.341 e. The summed E-state index contributed by atoms with van der Waals surface area (Å²) in [6, 6.07) is 11.9. The lowest BCUT2D eigenvalue weighted by molar-refractivity contribution is -0.140. The van der Waals surface area contributed by atoms with Crippen molar-refractivity contribution in [1.82, 2.24) is 19.8 Å². The van der Waals surface area contributed by atoms with Gasteiger partial charge < -0.3 is 9.80 Å². The molecule has 2 amide bonds. The number of carbonyl (C=O) groups is 2. The van der Waals surface area contributed by atoms with Crippen molar-refractivity contribution in [3.63, 3.8) is 0 Å². The van der Waals surface area contributed by atoms with Gasteiger partial charge >= 0.3 is 0 Å². The predicted molar refractivity (Wildman–Crippen MR) is 123 cm³/mol. The first-order valence-electron chi connectivity index (χ1n) is 11.3. The van der Waals surface area contributed by atoms with E-state index in [4.69, 9.17) is 4.98 Å². The van der Waals surface area contributed by atoms with Crippen LogP contribution < -0.4 is 0 Å². The summed E-state index contributed by atoms with van der Waals surface area (Å²) in [4.78, 5) is 39.8. The van der Waals surface area contributed by atoms with Crippen molar-refractivity contribution in [1.29, 1.82) is 0 Å². The maximum absolute atomic E-state index is 13.4. The minimum atomic E-state index is -0.818. The first kappa shape index (κ1) is 21.8. The Balaban J connectivity index is 1.61. The zero-order chi connectivity index (χ0) is 21.6.